The van der Waals surface area contributed by atoms with E-state index in [9.17, 15) is 9.59 Å². The van der Waals surface area contributed by atoms with Crippen LogP contribution in [0.25, 0.3) is 33.1 Å². The van der Waals surface area contributed by atoms with E-state index >= 15 is 0 Å². The minimum atomic E-state index is -0.432. The standard InChI is InChI=1S/C24H22ClNO5/c1-14-17(7-8-23(27)26-9-10-29-2)24(28)31-22-12-21-19(11-18(14)22)20(13-30-21)15-3-5-16(25)6-4-15/h3-6,11-13H,7-10H2,1-2H3,(H,26,27). The highest BCUT2D eigenvalue weighted by atomic mass is 35.5. The molecule has 0 saturated carbocycles. The molecule has 6 nitrogen and oxygen atoms in total. The van der Waals surface area contributed by atoms with Gasteiger partial charge in [0, 0.05) is 53.1 Å². The third-order valence-electron chi connectivity index (χ3n) is 5.37. The summed E-state index contributed by atoms with van der Waals surface area (Å²) in [7, 11) is 1.57. The zero-order chi connectivity index (χ0) is 22.0. The van der Waals surface area contributed by atoms with E-state index in [1.165, 1.54) is 0 Å². The first kappa shape index (κ1) is 21.2. The zero-order valence-corrected chi connectivity index (χ0v) is 18.0. The Kier molecular flexibility index (Phi) is 6.11. The quantitative estimate of drug-likeness (QED) is 0.328. The molecule has 0 saturated heterocycles. The lowest BCUT2D eigenvalue weighted by Crippen LogP contribution is -2.27. The van der Waals surface area contributed by atoms with Gasteiger partial charge in [-0.15, -0.1) is 0 Å². The van der Waals surface area contributed by atoms with Crippen molar-refractivity contribution in [2.24, 2.45) is 0 Å². The van der Waals surface area contributed by atoms with Crippen LogP contribution in [0, 0.1) is 6.92 Å². The number of benzene rings is 2. The molecule has 0 spiro atoms. The van der Waals surface area contributed by atoms with E-state index in [2.05, 4.69) is 5.32 Å². The Morgan fingerprint density at radius 2 is 1.90 bits per heavy atom. The molecule has 160 valence electrons. The van der Waals surface area contributed by atoms with Crippen molar-refractivity contribution in [2.45, 2.75) is 19.8 Å². The van der Waals surface area contributed by atoms with Gasteiger partial charge < -0.3 is 18.9 Å². The van der Waals surface area contributed by atoms with E-state index in [1.54, 1.807) is 19.4 Å². The molecule has 0 bridgehead atoms. The first-order chi connectivity index (χ1) is 15.0. The van der Waals surface area contributed by atoms with Crippen LogP contribution in [0.5, 0.6) is 0 Å². The van der Waals surface area contributed by atoms with Gasteiger partial charge in [-0.3, -0.25) is 4.79 Å². The molecule has 4 rings (SSSR count). The molecule has 2 aromatic heterocycles. The maximum Gasteiger partial charge on any atom is 0.339 e. The van der Waals surface area contributed by atoms with Crippen LogP contribution in [0.3, 0.4) is 0 Å². The molecule has 0 unspecified atom stereocenters. The number of furan rings is 1. The third-order valence-corrected chi connectivity index (χ3v) is 5.62. The van der Waals surface area contributed by atoms with Crippen LogP contribution >= 0.6 is 11.6 Å². The largest absolute Gasteiger partial charge is 0.464 e. The Balaban J connectivity index is 1.70. The summed E-state index contributed by atoms with van der Waals surface area (Å²) in [6.07, 6.45) is 2.19. The van der Waals surface area contributed by atoms with Crippen molar-refractivity contribution in [1.29, 1.82) is 0 Å². The van der Waals surface area contributed by atoms with Gasteiger partial charge in [-0.25, -0.2) is 4.79 Å². The summed E-state index contributed by atoms with van der Waals surface area (Å²) in [5.74, 6) is -0.133. The molecule has 0 aliphatic carbocycles. The number of nitrogens with one attached hydrogen (secondary N) is 1. The second kappa shape index (κ2) is 8.96. The summed E-state index contributed by atoms with van der Waals surface area (Å²) in [6.45, 7) is 2.76. The number of carbonyl (C=O) groups is 1. The molecule has 2 aromatic carbocycles. The smallest absolute Gasteiger partial charge is 0.339 e. The van der Waals surface area contributed by atoms with Crippen LogP contribution in [-0.4, -0.2) is 26.2 Å². The Bertz CT molecular complexity index is 1300. The van der Waals surface area contributed by atoms with Gasteiger partial charge in [0.2, 0.25) is 5.91 Å². The van der Waals surface area contributed by atoms with Gasteiger partial charge in [0.15, 0.2) is 0 Å². The van der Waals surface area contributed by atoms with Crippen LogP contribution < -0.4 is 10.9 Å². The topological polar surface area (TPSA) is 81.7 Å². The summed E-state index contributed by atoms with van der Waals surface area (Å²) >= 11 is 6.01. The molecule has 0 atom stereocenters. The molecule has 2 heterocycles. The van der Waals surface area contributed by atoms with Crippen LogP contribution in [0.2, 0.25) is 5.02 Å². The van der Waals surface area contributed by atoms with E-state index < -0.39 is 5.63 Å². The van der Waals surface area contributed by atoms with Gasteiger partial charge in [-0.1, -0.05) is 23.7 Å². The number of amides is 1. The normalized spacial score (nSPS) is 11.3. The maximum absolute atomic E-state index is 12.6. The number of methoxy groups -OCH3 is 1. The second-order valence-electron chi connectivity index (χ2n) is 7.34. The zero-order valence-electron chi connectivity index (χ0n) is 17.3. The highest BCUT2D eigenvalue weighted by Crippen LogP contribution is 2.35. The van der Waals surface area contributed by atoms with Crippen LogP contribution in [-0.2, 0) is 16.0 Å². The maximum atomic E-state index is 12.6. The van der Waals surface area contributed by atoms with Gasteiger partial charge in [0.1, 0.15) is 11.2 Å². The molecule has 7 heteroatoms. The van der Waals surface area contributed by atoms with Crippen LogP contribution in [0.1, 0.15) is 17.5 Å². The van der Waals surface area contributed by atoms with E-state index in [0.29, 0.717) is 41.3 Å². The van der Waals surface area contributed by atoms with Crippen molar-refractivity contribution in [3.63, 3.8) is 0 Å². The molecule has 0 aliphatic heterocycles. The Morgan fingerprint density at radius 3 is 2.65 bits per heavy atom. The highest BCUT2D eigenvalue weighted by Gasteiger charge is 2.16. The Labute approximate surface area is 183 Å². The third kappa shape index (κ3) is 4.36. The van der Waals surface area contributed by atoms with E-state index in [-0.39, 0.29) is 12.3 Å². The number of aryl methyl sites for hydroxylation is 1. The number of hydrogen-bond donors (Lipinski definition) is 1. The van der Waals surface area contributed by atoms with Gasteiger partial charge >= 0.3 is 5.63 Å². The van der Waals surface area contributed by atoms with Crippen molar-refractivity contribution in [1.82, 2.24) is 5.32 Å². The lowest BCUT2D eigenvalue weighted by molar-refractivity contribution is -0.121. The molecule has 0 radical (unpaired) electrons. The molecule has 1 N–H and O–H groups in total. The highest BCUT2D eigenvalue weighted by molar-refractivity contribution is 6.30. The predicted molar refractivity (Wildman–Crippen MR) is 121 cm³/mol. The lowest BCUT2D eigenvalue weighted by atomic mass is 9.99. The number of fused-ring (bicyclic) bond motifs is 2. The molecule has 0 fully saturated rings. The van der Waals surface area contributed by atoms with Crippen molar-refractivity contribution in [3.05, 3.63) is 69.2 Å². The number of ether oxygens (including phenoxy) is 1. The molecule has 31 heavy (non-hydrogen) atoms. The fourth-order valence-corrected chi connectivity index (χ4v) is 3.80. The van der Waals surface area contributed by atoms with Gasteiger partial charge in [0.25, 0.3) is 0 Å². The molecule has 0 aliphatic rings. The number of hydrogen-bond acceptors (Lipinski definition) is 5. The summed E-state index contributed by atoms with van der Waals surface area (Å²) < 4.78 is 16.2. The van der Waals surface area contributed by atoms with E-state index in [4.69, 9.17) is 25.2 Å². The summed E-state index contributed by atoms with van der Waals surface area (Å²) in [5.41, 5.74) is 3.87. The summed E-state index contributed by atoms with van der Waals surface area (Å²) in [4.78, 5) is 24.6. The first-order valence-corrected chi connectivity index (χ1v) is 10.3. The van der Waals surface area contributed by atoms with Crippen molar-refractivity contribution in [3.8, 4) is 11.1 Å². The predicted octanol–water partition coefficient (Wildman–Crippen LogP) is 4.86. The van der Waals surface area contributed by atoms with Crippen LogP contribution in [0.4, 0.5) is 0 Å². The molecular weight excluding hydrogens is 418 g/mol. The van der Waals surface area contributed by atoms with Crippen molar-refractivity contribution in [2.75, 3.05) is 20.3 Å². The van der Waals surface area contributed by atoms with Crippen molar-refractivity contribution < 1.29 is 18.4 Å². The second-order valence-corrected chi connectivity index (χ2v) is 7.77. The minimum Gasteiger partial charge on any atom is -0.464 e. The average molecular weight is 440 g/mol. The number of rotatable bonds is 7. The number of halogens is 1. The Morgan fingerprint density at radius 1 is 1.13 bits per heavy atom. The minimum absolute atomic E-state index is 0.133. The molecule has 1 amide bonds. The molecule has 4 aromatic rings. The van der Waals surface area contributed by atoms with Crippen LogP contribution in [0.15, 0.2) is 56.3 Å². The fourth-order valence-electron chi connectivity index (χ4n) is 3.67. The van der Waals surface area contributed by atoms with Crippen molar-refractivity contribution >= 4 is 39.4 Å². The monoisotopic (exact) mass is 439 g/mol. The van der Waals surface area contributed by atoms with Gasteiger partial charge in [-0.2, -0.15) is 0 Å². The van der Waals surface area contributed by atoms with E-state index in [0.717, 1.165) is 27.5 Å². The van der Waals surface area contributed by atoms with Gasteiger partial charge in [-0.05, 0) is 42.7 Å². The molecular formula is C24H22ClNO5. The SMILES string of the molecule is COCCNC(=O)CCc1c(C)c2cc3c(-c4ccc(Cl)cc4)coc3cc2oc1=O. The first-order valence-electron chi connectivity index (χ1n) is 9.97. The fraction of sp³-hybridized carbons (Fsp3) is 0.250. The number of carbonyl (C=O) groups excluding carboxylic acids is 1. The average Bonchev–Trinajstić information content (AvgIpc) is 3.16. The summed E-state index contributed by atoms with van der Waals surface area (Å²) in [6, 6.07) is 11.2. The lowest BCUT2D eigenvalue weighted by Gasteiger charge is -2.09. The van der Waals surface area contributed by atoms with Gasteiger partial charge in [0.05, 0.1) is 12.9 Å². The Hall–Kier alpha value is -3.09. The van der Waals surface area contributed by atoms with E-state index in [1.807, 2.05) is 37.3 Å². The summed E-state index contributed by atoms with van der Waals surface area (Å²) in [5, 5.41) is 5.15.